The maximum absolute atomic E-state index is 12.7. The summed E-state index contributed by atoms with van der Waals surface area (Å²) in [7, 11) is 0. The lowest BCUT2D eigenvalue weighted by Gasteiger charge is -2.39. The van der Waals surface area contributed by atoms with E-state index in [0.717, 1.165) is 44.9 Å². The minimum absolute atomic E-state index is 0.112. The molecule has 284 valence electrons. The van der Waals surface area contributed by atoms with E-state index in [0.29, 0.717) is 13.0 Å². The summed E-state index contributed by atoms with van der Waals surface area (Å²) >= 11 is 0. The second-order valence-corrected chi connectivity index (χ2v) is 13.7. The van der Waals surface area contributed by atoms with Crippen LogP contribution in [0, 0.1) is 0 Å². The first-order valence-corrected chi connectivity index (χ1v) is 19.8. The maximum Gasteiger partial charge on any atom is 0.306 e. The highest BCUT2D eigenvalue weighted by molar-refractivity contribution is 5.69. The lowest BCUT2D eigenvalue weighted by atomic mass is 9.99. The molecular formula is C39H74O9. The summed E-state index contributed by atoms with van der Waals surface area (Å²) in [6.07, 6.45) is 25.2. The Kier molecular flexibility index (Phi) is 29.9. The van der Waals surface area contributed by atoms with Gasteiger partial charge in [0.05, 0.1) is 19.8 Å². The number of hydrogen-bond donors (Lipinski definition) is 4. The summed E-state index contributed by atoms with van der Waals surface area (Å²) in [6, 6.07) is 0. The first-order valence-electron chi connectivity index (χ1n) is 19.8. The van der Waals surface area contributed by atoms with E-state index >= 15 is 0 Å². The van der Waals surface area contributed by atoms with Crippen molar-refractivity contribution >= 4 is 5.97 Å². The highest BCUT2D eigenvalue weighted by Crippen LogP contribution is 2.22. The summed E-state index contributed by atoms with van der Waals surface area (Å²) in [4.78, 5) is 12.7. The van der Waals surface area contributed by atoms with Crippen molar-refractivity contribution < 1.29 is 44.2 Å². The van der Waals surface area contributed by atoms with Crippen molar-refractivity contribution in [1.82, 2.24) is 0 Å². The first kappa shape index (κ1) is 45.0. The number of aliphatic hydroxyl groups excluding tert-OH is 4. The molecule has 9 nitrogen and oxygen atoms in total. The van der Waals surface area contributed by atoms with E-state index in [1.165, 1.54) is 103 Å². The Morgan fingerprint density at radius 2 is 1.15 bits per heavy atom. The highest BCUT2D eigenvalue weighted by Gasteiger charge is 2.44. The number of ether oxygens (including phenoxy) is 4. The van der Waals surface area contributed by atoms with Gasteiger partial charge in [-0.3, -0.25) is 4.79 Å². The zero-order valence-electron chi connectivity index (χ0n) is 30.7. The standard InChI is InChI=1S/C39H74O9/c1-3-5-7-9-11-13-15-16-17-18-19-20-22-24-26-28-35(41)47-33(31-45-29-27-25-23-21-14-12-10-8-6-4-2)32-46-39-38(44)37(43)36(42)34(30-40)48-39/h16-17,33-34,36-40,42-44H,3-15,18-32H2,1-2H3/b17-16-. The fourth-order valence-electron chi connectivity index (χ4n) is 6.01. The molecule has 0 aromatic heterocycles. The van der Waals surface area contributed by atoms with E-state index in [-0.39, 0.29) is 19.2 Å². The second-order valence-electron chi connectivity index (χ2n) is 13.7. The molecule has 0 aliphatic carbocycles. The van der Waals surface area contributed by atoms with Crippen LogP contribution in [0.1, 0.15) is 168 Å². The van der Waals surface area contributed by atoms with Gasteiger partial charge in [-0.15, -0.1) is 0 Å². The predicted molar refractivity (Wildman–Crippen MR) is 192 cm³/mol. The van der Waals surface area contributed by atoms with Gasteiger partial charge < -0.3 is 39.4 Å². The van der Waals surface area contributed by atoms with Crippen molar-refractivity contribution in [3.63, 3.8) is 0 Å². The average molecular weight is 687 g/mol. The van der Waals surface area contributed by atoms with Gasteiger partial charge in [0.2, 0.25) is 0 Å². The number of hydrogen-bond acceptors (Lipinski definition) is 9. The third-order valence-corrected chi connectivity index (χ3v) is 9.18. The summed E-state index contributed by atoms with van der Waals surface area (Å²) in [5.41, 5.74) is 0. The van der Waals surface area contributed by atoms with Crippen LogP contribution >= 0.6 is 0 Å². The molecule has 1 heterocycles. The van der Waals surface area contributed by atoms with Gasteiger partial charge in [0.25, 0.3) is 0 Å². The lowest BCUT2D eigenvalue weighted by molar-refractivity contribution is -0.305. The number of allylic oxidation sites excluding steroid dienone is 2. The van der Waals surface area contributed by atoms with Crippen LogP contribution < -0.4 is 0 Å². The molecule has 0 aromatic rings. The molecule has 9 heteroatoms. The van der Waals surface area contributed by atoms with Crippen molar-refractivity contribution in [1.29, 1.82) is 0 Å². The topological polar surface area (TPSA) is 135 Å². The Balaban J connectivity index is 2.31. The van der Waals surface area contributed by atoms with Crippen LogP contribution in [0.2, 0.25) is 0 Å². The quantitative estimate of drug-likeness (QED) is 0.0311. The van der Waals surface area contributed by atoms with Crippen molar-refractivity contribution in [3.05, 3.63) is 12.2 Å². The Labute approximate surface area is 293 Å². The summed E-state index contributed by atoms with van der Waals surface area (Å²) < 4.78 is 22.7. The van der Waals surface area contributed by atoms with Gasteiger partial charge in [0.1, 0.15) is 30.5 Å². The zero-order chi connectivity index (χ0) is 35.1. The summed E-state index contributed by atoms with van der Waals surface area (Å²) in [5.74, 6) is -0.322. The maximum atomic E-state index is 12.7. The van der Waals surface area contributed by atoms with Gasteiger partial charge in [-0.1, -0.05) is 135 Å². The van der Waals surface area contributed by atoms with Crippen LogP contribution in [0.3, 0.4) is 0 Å². The fraction of sp³-hybridized carbons (Fsp3) is 0.923. The molecule has 1 saturated heterocycles. The summed E-state index contributed by atoms with van der Waals surface area (Å²) in [5, 5.41) is 39.9. The van der Waals surface area contributed by atoms with Gasteiger partial charge >= 0.3 is 5.97 Å². The lowest BCUT2D eigenvalue weighted by Crippen LogP contribution is -2.59. The predicted octanol–water partition coefficient (Wildman–Crippen LogP) is 7.69. The molecule has 0 amide bonds. The third kappa shape index (κ3) is 23.4. The Morgan fingerprint density at radius 3 is 1.69 bits per heavy atom. The third-order valence-electron chi connectivity index (χ3n) is 9.18. The minimum atomic E-state index is -1.53. The Morgan fingerprint density at radius 1 is 0.646 bits per heavy atom. The van der Waals surface area contributed by atoms with Gasteiger partial charge in [0, 0.05) is 13.0 Å². The van der Waals surface area contributed by atoms with Crippen LogP contribution in [0.25, 0.3) is 0 Å². The van der Waals surface area contributed by atoms with Gasteiger partial charge in [0.15, 0.2) is 6.29 Å². The molecule has 4 N–H and O–H groups in total. The monoisotopic (exact) mass is 687 g/mol. The van der Waals surface area contributed by atoms with Crippen molar-refractivity contribution in [3.8, 4) is 0 Å². The number of unbranched alkanes of at least 4 members (excludes halogenated alkanes) is 20. The molecule has 0 spiro atoms. The number of carbonyl (C=O) groups is 1. The van der Waals surface area contributed by atoms with Crippen LogP contribution in [-0.2, 0) is 23.7 Å². The normalized spacial score (nSPS) is 22.0. The van der Waals surface area contributed by atoms with E-state index in [2.05, 4.69) is 26.0 Å². The first-order chi connectivity index (χ1) is 23.4. The highest BCUT2D eigenvalue weighted by atomic mass is 16.7. The zero-order valence-corrected chi connectivity index (χ0v) is 30.7. The van der Waals surface area contributed by atoms with E-state index in [9.17, 15) is 25.2 Å². The molecule has 0 saturated carbocycles. The molecular weight excluding hydrogens is 612 g/mol. The van der Waals surface area contributed by atoms with Crippen molar-refractivity contribution in [2.45, 2.75) is 205 Å². The number of aliphatic hydroxyl groups is 4. The smallest absolute Gasteiger partial charge is 0.306 e. The average Bonchev–Trinajstić information content (AvgIpc) is 3.08. The minimum Gasteiger partial charge on any atom is -0.457 e. The van der Waals surface area contributed by atoms with Crippen LogP contribution in [0.15, 0.2) is 12.2 Å². The Bertz CT molecular complexity index is 747. The van der Waals surface area contributed by atoms with E-state index in [1.54, 1.807) is 0 Å². The number of carbonyl (C=O) groups excluding carboxylic acids is 1. The van der Waals surface area contributed by atoms with Crippen molar-refractivity contribution in [2.75, 3.05) is 26.4 Å². The van der Waals surface area contributed by atoms with Crippen molar-refractivity contribution in [2.24, 2.45) is 0 Å². The largest absolute Gasteiger partial charge is 0.457 e. The van der Waals surface area contributed by atoms with Crippen LogP contribution in [-0.4, -0.2) is 89.6 Å². The molecule has 1 rings (SSSR count). The van der Waals surface area contributed by atoms with E-state index in [4.69, 9.17) is 18.9 Å². The molecule has 0 radical (unpaired) electrons. The molecule has 6 atom stereocenters. The van der Waals surface area contributed by atoms with Gasteiger partial charge in [-0.25, -0.2) is 0 Å². The molecule has 0 aromatic carbocycles. The SMILES string of the molecule is CCCCCCCC/C=C\CCCCCCCC(=O)OC(COCCCCCCCCCCCC)COC1OC(CO)C(O)C(O)C1O. The Hall–Kier alpha value is -1.07. The number of rotatable bonds is 33. The molecule has 1 aliphatic rings. The van der Waals surface area contributed by atoms with E-state index < -0.39 is 43.4 Å². The molecule has 0 bridgehead atoms. The molecule has 6 unspecified atom stereocenters. The number of esters is 1. The fourth-order valence-corrected chi connectivity index (χ4v) is 6.01. The molecule has 1 fully saturated rings. The van der Waals surface area contributed by atoms with Gasteiger partial charge in [-0.05, 0) is 38.5 Å². The second kappa shape index (κ2) is 31.9. The van der Waals surface area contributed by atoms with E-state index in [1.807, 2.05) is 0 Å². The molecule has 1 aliphatic heterocycles. The summed E-state index contributed by atoms with van der Waals surface area (Å²) in [6.45, 7) is 4.54. The van der Waals surface area contributed by atoms with Crippen LogP contribution in [0.5, 0.6) is 0 Å². The van der Waals surface area contributed by atoms with Crippen LogP contribution in [0.4, 0.5) is 0 Å². The van der Waals surface area contributed by atoms with Gasteiger partial charge in [-0.2, -0.15) is 0 Å². The molecule has 48 heavy (non-hydrogen) atoms.